The van der Waals surface area contributed by atoms with E-state index in [0.29, 0.717) is 24.7 Å². The minimum atomic E-state index is -4.84. The molecule has 1 N–H and O–H groups in total. The number of hydrogen-bond acceptors (Lipinski definition) is 6. The first-order chi connectivity index (χ1) is 16.6. The van der Waals surface area contributed by atoms with Crippen LogP contribution < -0.4 is 15.0 Å². The van der Waals surface area contributed by atoms with Gasteiger partial charge < -0.3 is 15.0 Å². The van der Waals surface area contributed by atoms with Crippen molar-refractivity contribution in [2.45, 2.75) is 74.3 Å². The molecule has 2 aliphatic rings. The van der Waals surface area contributed by atoms with E-state index < -0.39 is 44.7 Å². The largest absolute Gasteiger partial charge is 0.477 e. The molecule has 4 rings (SSSR count). The number of aromatic nitrogens is 1. The number of carbonyl (C=O) groups is 1. The van der Waals surface area contributed by atoms with E-state index in [9.17, 15) is 30.8 Å². The van der Waals surface area contributed by atoms with E-state index >= 15 is 0 Å². The monoisotopic (exact) mass is 529 g/mol. The van der Waals surface area contributed by atoms with Crippen molar-refractivity contribution in [2.24, 2.45) is 0 Å². The molecule has 2 bridgehead atoms. The average Bonchev–Trinajstić information content (AvgIpc) is 3.04. The van der Waals surface area contributed by atoms with Gasteiger partial charge in [-0.1, -0.05) is 0 Å². The number of rotatable bonds is 6. The van der Waals surface area contributed by atoms with Gasteiger partial charge in [0, 0.05) is 30.6 Å². The van der Waals surface area contributed by atoms with E-state index in [1.807, 2.05) is 0 Å². The van der Waals surface area contributed by atoms with Gasteiger partial charge in [0.05, 0.1) is 4.90 Å². The predicted molar refractivity (Wildman–Crippen MR) is 124 cm³/mol. The number of halogens is 4. The van der Waals surface area contributed by atoms with E-state index in [-0.39, 0.29) is 23.0 Å². The quantitative estimate of drug-likeness (QED) is 0.567. The summed E-state index contributed by atoms with van der Waals surface area (Å²) >= 11 is 0. The van der Waals surface area contributed by atoms with Crippen LogP contribution in [0.1, 0.15) is 45.1 Å². The second-order valence-corrected chi connectivity index (χ2v) is 11.8. The average molecular weight is 530 g/mol. The third-order valence-electron chi connectivity index (χ3n) is 6.64. The number of ether oxygens (including phenoxy) is 1. The second-order valence-electron chi connectivity index (χ2n) is 9.81. The van der Waals surface area contributed by atoms with Crippen LogP contribution in [0.4, 0.5) is 23.4 Å². The molecule has 0 saturated carbocycles. The molecule has 0 aliphatic carbocycles. The van der Waals surface area contributed by atoms with Gasteiger partial charge in [-0.3, -0.25) is 4.79 Å². The summed E-state index contributed by atoms with van der Waals surface area (Å²) in [6.45, 7) is 2.73. The van der Waals surface area contributed by atoms with E-state index in [2.05, 4.69) is 15.2 Å². The summed E-state index contributed by atoms with van der Waals surface area (Å²) in [5.74, 6) is -1.59. The molecule has 2 aromatic rings. The number of amides is 1. The van der Waals surface area contributed by atoms with Gasteiger partial charge in [0.25, 0.3) is 5.91 Å². The molecule has 0 radical (unpaired) electrons. The molecule has 3 heterocycles. The zero-order valence-electron chi connectivity index (χ0n) is 20.0. The fourth-order valence-electron chi connectivity index (χ4n) is 4.91. The van der Waals surface area contributed by atoms with Crippen LogP contribution in [-0.4, -0.2) is 49.3 Å². The van der Waals surface area contributed by atoms with Crippen molar-refractivity contribution in [1.82, 2.24) is 10.3 Å². The Labute approximate surface area is 206 Å². The second kappa shape index (κ2) is 9.20. The molecule has 1 aromatic heterocycles. The third kappa shape index (κ3) is 5.42. The van der Waals surface area contributed by atoms with Crippen molar-refractivity contribution in [3.05, 3.63) is 47.9 Å². The van der Waals surface area contributed by atoms with Crippen LogP contribution >= 0.6 is 0 Å². The first-order valence-electron chi connectivity index (χ1n) is 11.5. The molecule has 2 saturated heterocycles. The number of alkyl halides is 3. The Morgan fingerprint density at radius 3 is 2.28 bits per heavy atom. The molecule has 1 unspecified atom stereocenters. The molecule has 3 atom stereocenters. The highest BCUT2D eigenvalue weighted by Gasteiger charge is 2.44. The number of sulfone groups is 1. The lowest BCUT2D eigenvalue weighted by molar-refractivity contribution is -0.144. The Hall–Kier alpha value is -2.89. The molecular weight excluding hydrogens is 502 g/mol. The molecular formula is C24H27F4N3O4S. The van der Waals surface area contributed by atoms with Crippen LogP contribution in [0.25, 0.3) is 0 Å². The zero-order chi connectivity index (χ0) is 26.5. The van der Waals surface area contributed by atoms with Gasteiger partial charge in [0.2, 0.25) is 0 Å². The topological polar surface area (TPSA) is 88.6 Å². The van der Waals surface area contributed by atoms with Crippen LogP contribution in [0, 0.1) is 5.82 Å². The Kier molecular flexibility index (Phi) is 6.69. The standard InChI is InChI=1S/C24H27F4N3O4S/c1-23(2,35-20-8-4-14(25)10-19(20)24(26,27)28)22(32)30-15-11-16-5-6-17(12-15)31(16)21-9-7-18(13-29-21)36(3,33)34/h4,7-10,13,15-17H,5-6,11-12H2,1-3H3,(H,30,32)/t15?,16-,17+. The van der Waals surface area contributed by atoms with E-state index in [0.717, 1.165) is 31.2 Å². The van der Waals surface area contributed by atoms with Gasteiger partial charge in [-0.05, 0) is 69.9 Å². The summed E-state index contributed by atoms with van der Waals surface area (Å²) in [6.07, 6.45) is 0.545. The maximum absolute atomic E-state index is 13.4. The zero-order valence-corrected chi connectivity index (χ0v) is 20.8. The molecule has 2 fully saturated rings. The summed E-state index contributed by atoms with van der Waals surface area (Å²) in [6, 6.07) is 5.18. The number of piperidine rings is 1. The predicted octanol–water partition coefficient (Wildman–Crippen LogP) is 4.12. The fourth-order valence-corrected chi connectivity index (χ4v) is 5.47. The van der Waals surface area contributed by atoms with E-state index in [1.165, 1.54) is 26.1 Å². The minimum absolute atomic E-state index is 0.0728. The normalized spacial score (nSPS) is 22.4. The summed E-state index contributed by atoms with van der Waals surface area (Å²) in [5.41, 5.74) is -2.93. The number of pyridine rings is 1. The van der Waals surface area contributed by atoms with Crippen molar-refractivity contribution < 1.29 is 35.5 Å². The van der Waals surface area contributed by atoms with Gasteiger partial charge in [-0.15, -0.1) is 0 Å². The molecule has 1 amide bonds. The van der Waals surface area contributed by atoms with Gasteiger partial charge in [-0.25, -0.2) is 17.8 Å². The molecule has 196 valence electrons. The maximum Gasteiger partial charge on any atom is 0.420 e. The van der Waals surface area contributed by atoms with Crippen LogP contribution in [0.3, 0.4) is 0 Å². The van der Waals surface area contributed by atoms with Gasteiger partial charge in [0.1, 0.15) is 22.9 Å². The Balaban J connectivity index is 1.43. The van der Waals surface area contributed by atoms with Crippen LogP contribution in [0.15, 0.2) is 41.4 Å². The number of carbonyl (C=O) groups excluding carboxylic acids is 1. The highest BCUT2D eigenvalue weighted by atomic mass is 32.2. The minimum Gasteiger partial charge on any atom is -0.477 e. The first kappa shape index (κ1) is 26.2. The number of anilines is 1. The summed E-state index contributed by atoms with van der Waals surface area (Å²) < 4.78 is 82.3. The molecule has 1 aromatic carbocycles. The smallest absolute Gasteiger partial charge is 0.420 e. The van der Waals surface area contributed by atoms with Crippen LogP contribution in [0.5, 0.6) is 5.75 Å². The third-order valence-corrected chi connectivity index (χ3v) is 7.74. The molecule has 2 aliphatic heterocycles. The molecule has 36 heavy (non-hydrogen) atoms. The SMILES string of the molecule is CC(C)(Oc1ccc(F)cc1C(F)(F)F)C(=O)NC1C[C@H]2CC[C@@H](C1)N2c1ccc(S(C)(=O)=O)cn1. The number of nitrogens with zero attached hydrogens (tertiary/aromatic N) is 2. The van der Waals surface area contributed by atoms with Gasteiger partial charge in [-0.2, -0.15) is 13.2 Å². The lowest BCUT2D eigenvalue weighted by Crippen LogP contribution is -2.55. The van der Waals surface area contributed by atoms with Crippen molar-refractivity contribution in [1.29, 1.82) is 0 Å². The lowest BCUT2D eigenvalue weighted by Gasteiger charge is -2.41. The summed E-state index contributed by atoms with van der Waals surface area (Å²) in [5, 5.41) is 2.91. The number of benzene rings is 1. The van der Waals surface area contributed by atoms with Crippen molar-refractivity contribution in [3.63, 3.8) is 0 Å². The highest BCUT2D eigenvalue weighted by Crippen LogP contribution is 2.40. The van der Waals surface area contributed by atoms with E-state index in [1.54, 1.807) is 6.07 Å². The Morgan fingerprint density at radius 2 is 1.75 bits per heavy atom. The lowest BCUT2D eigenvalue weighted by atomic mass is 9.96. The molecule has 0 spiro atoms. The van der Waals surface area contributed by atoms with Gasteiger partial charge in [0.15, 0.2) is 15.4 Å². The summed E-state index contributed by atoms with van der Waals surface area (Å²) in [7, 11) is -3.36. The Morgan fingerprint density at radius 1 is 1.11 bits per heavy atom. The van der Waals surface area contributed by atoms with Crippen LogP contribution in [0.2, 0.25) is 0 Å². The van der Waals surface area contributed by atoms with Gasteiger partial charge >= 0.3 is 6.18 Å². The highest BCUT2D eigenvalue weighted by molar-refractivity contribution is 7.90. The molecule has 12 heteroatoms. The maximum atomic E-state index is 13.4. The molecule has 7 nitrogen and oxygen atoms in total. The van der Waals surface area contributed by atoms with Crippen molar-refractivity contribution in [3.8, 4) is 5.75 Å². The fraction of sp³-hybridized carbons (Fsp3) is 0.500. The number of hydrogen-bond donors (Lipinski definition) is 1. The van der Waals surface area contributed by atoms with Crippen LogP contribution in [-0.2, 0) is 20.8 Å². The number of fused-ring (bicyclic) bond motifs is 2. The number of nitrogens with one attached hydrogen (secondary N) is 1. The Bertz CT molecular complexity index is 1230. The van der Waals surface area contributed by atoms with E-state index in [4.69, 9.17) is 4.74 Å². The van der Waals surface area contributed by atoms with Crippen molar-refractivity contribution in [2.75, 3.05) is 11.2 Å². The summed E-state index contributed by atoms with van der Waals surface area (Å²) in [4.78, 5) is 19.6. The first-order valence-corrected chi connectivity index (χ1v) is 13.4. The van der Waals surface area contributed by atoms with Crippen molar-refractivity contribution >= 4 is 21.6 Å².